The highest BCUT2D eigenvalue weighted by Gasteiger charge is 2.34. The summed E-state index contributed by atoms with van der Waals surface area (Å²) in [5.74, 6) is -0.477. The monoisotopic (exact) mass is 427 g/mol. The molecule has 1 aliphatic heterocycles. The van der Waals surface area contributed by atoms with Crippen LogP contribution in [0, 0.1) is 0 Å². The standard InChI is InChI=1S/C18H25N3O5S2/c1-5-21-12(2)15(17(22)26-10-9-25-3)16(19-18(21)27)13-7-6-8-14(11-13)20-28(4,23)24/h6-8,11,16,20H,5,9-10H2,1-4H3,(H,19,27). The first kappa shape index (κ1) is 22.1. The largest absolute Gasteiger partial charge is 0.460 e. The highest BCUT2D eigenvalue weighted by atomic mass is 32.2. The van der Waals surface area contributed by atoms with Crippen molar-refractivity contribution < 1.29 is 22.7 Å². The van der Waals surface area contributed by atoms with E-state index in [1.807, 2.05) is 18.7 Å². The summed E-state index contributed by atoms with van der Waals surface area (Å²) in [5, 5.41) is 3.65. The number of ether oxygens (including phenoxy) is 2. The first-order chi connectivity index (χ1) is 13.2. The van der Waals surface area contributed by atoms with Crippen LogP contribution in [0.15, 0.2) is 35.5 Å². The minimum Gasteiger partial charge on any atom is -0.460 e. The Morgan fingerprint density at radius 2 is 2.07 bits per heavy atom. The smallest absolute Gasteiger partial charge is 0.338 e. The average Bonchev–Trinajstić information content (AvgIpc) is 2.60. The summed E-state index contributed by atoms with van der Waals surface area (Å²) >= 11 is 5.44. The lowest BCUT2D eigenvalue weighted by Crippen LogP contribution is -2.47. The maximum Gasteiger partial charge on any atom is 0.338 e. The second-order valence-corrected chi connectivity index (χ2v) is 8.39. The molecule has 1 unspecified atom stereocenters. The summed E-state index contributed by atoms with van der Waals surface area (Å²) in [6.45, 7) is 4.76. The van der Waals surface area contributed by atoms with E-state index >= 15 is 0 Å². The molecule has 2 N–H and O–H groups in total. The van der Waals surface area contributed by atoms with Gasteiger partial charge in [-0.25, -0.2) is 13.2 Å². The summed E-state index contributed by atoms with van der Waals surface area (Å²) < 4.78 is 35.8. The van der Waals surface area contributed by atoms with Gasteiger partial charge in [0.15, 0.2) is 5.11 Å². The van der Waals surface area contributed by atoms with E-state index in [4.69, 9.17) is 21.7 Å². The van der Waals surface area contributed by atoms with Gasteiger partial charge in [0.1, 0.15) is 6.61 Å². The summed E-state index contributed by atoms with van der Waals surface area (Å²) in [6, 6.07) is 6.25. The molecular weight excluding hydrogens is 402 g/mol. The van der Waals surface area contributed by atoms with Crippen LogP contribution in [0.2, 0.25) is 0 Å². The Bertz CT molecular complexity index is 883. The van der Waals surface area contributed by atoms with Crippen LogP contribution >= 0.6 is 12.2 Å². The maximum absolute atomic E-state index is 12.8. The van der Waals surface area contributed by atoms with Gasteiger partial charge in [0.2, 0.25) is 10.0 Å². The molecule has 1 heterocycles. The fourth-order valence-corrected chi connectivity index (χ4v) is 3.91. The molecule has 8 nitrogen and oxygen atoms in total. The van der Waals surface area contributed by atoms with Crippen LogP contribution in [0.1, 0.15) is 25.5 Å². The number of nitrogens with zero attached hydrogens (tertiary/aromatic N) is 1. The van der Waals surface area contributed by atoms with Crippen molar-refractivity contribution in [2.75, 3.05) is 37.8 Å². The van der Waals surface area contributed by atoms with Gasteiger partial charge in [-0.05, 0) is 43.8 Å². The molecule has 0 fully saturated rings. The molecule has 0 saturated heterocycles. The van der Waals surface area contributed by atoms with Crippen molar-refractivity contribution >= 4 is 39.0 Å². The number of methoxy groups -OCH3 is 1. The molecule has 0 radical (unpaired) electrons. The van der Waals surface area contributed by atoms with Crippen molar-refractivity contribution in [1.29, 1.82) is 0 Å². The van der Waals surface area contributed by atoms with Gasteiger partial charge in [0.05, 0.1) is 24.5 Å². The van der Waals surface area contributed by atoms with E-state index in [-0.39, 0.29) is 6.61 Å². The van der Waals surface area contributed by atoms with E-state index in [0.717, 1.165) is 6.26 Å². The predicted octanol–water partition coefficient (Wildman–Crippen LogP) is 1.77. The van der Waals surface area contributed by atoms with Crippen molar-refractivity contribution in [3.8, 4) is 0 Å². The number of anilines is 1. The quantitative estimate of drug-likeness (QED) is 0.368. The third kappa shape index (κ3) is 5.43. The van der Waals surface area contributed by atoms with Gasteiger partial charge in [0.25, 0.3) is 0 Å². The zero-order chi connectivity index (χ0) is 20.9. The molecule has 0 aliphatic carbocycles. The minimum absolute atomic E-state index is 0.130. The van der Waals surface area contributed by atoms with Gasteiger partial charge < -0.3 is 19.7 Å². The van der Waals surface area contributed by atoms with Gasteiger partial charge in [-0.2, -0.15) is 0 Å². The van der Waals surface area contributed by atoms with Gasteiger partial charge in [0, 0.05) is 25.0 Å². The van der Waals surface area contributed by atoms with E-state index in [1.54, 1.807) is 24.3 Å². The normalized spacial score (nSPS) is 17.4. The topological polar surface area (TPSA) is 97.0 Å². The van der Waals surface area contributed by atoms with E-state index in [2.05, 4.69) is 10.0 Å². The maximum atomic E-state index is 12.8. The van der Waals surface area contributed by atoms with Gasteiger partial charge in [-0.3, -0.25) is 4.72 Å². The third-order valence-corrected chi connectivity index (χ3v) is 5.12. The lowest BCUT2D eigenvalue weighted by molar-refractivity contribution is -0.140. The van der Waals surface area contributed by atoms with Crippen molar-refractivity contribution in [2.24, 2.45) is 0 Å². The third-order valence-electron chi connectivity index (χ3n) is 4.18. The number of hydrogen-bond donors (Lipinski definition) is 2. The van der Waals surface area contributed by atoms with Crippen molar-refractivity contribution in [3.05, 3.63) is 41.1 Å². The number of hydrogen-bond acceptors (Lipinski definition) is 6. The Labute approximate surface area is 170 Å². The summed E-state index contributed by atoms with van der Waals surface area (Å²) in [7, 11) is -1.90. The van der Waals surface area contributed by atoms with E-state index in [0.29, 0.717) is 40.8 Å². The summed E-state index contributed by atoms with van der Waals surface area (Å²) in [6.07, 6.45) is 1.08. The molecule has 0 saturated carbocycles. The molecular formula is C18H25N3O5S2. The highest BCUT2D eigenvalue weighted by molar-refractivity contribution is 7.92. The van der Waals surface area contributed by atoms with Crippen LogP contribution in [0.5, 0.6) is 0 Å². The van der Waals surface area contributed by atoms with Gasteiger partial charge >= 0.3 is 5.97 Å². The van der Waals surface area contributed by atoms with Crippen molar-refractivity contribution in [1.82, 2.24) is 10.2 Å². The molecule has 1 atom stereocenters. The molecule has 10 heteroatoms. The first-order valence-corrected chi connectivity index (χ1v) is 11.0. The molecule has 1 aromatic carbocycles. The molecule has 28 heavy (non-hydrogen) atoms. The Morgan fingerprint density at radius 3 is 2.68 bits per heavy atom. The van der Waals surface area contributed by atoms with Crippen molar-refractivity contribution in [3.63, 3.8) is 0 Å². The number of rotatable bonds is 8. The fraction of sp³-hybridized carbons (Fsp3) is 0.444. The van der Waals surface area contributed by atoms with Crippen LogP contribution < -0.4 is 10.0 Å². The number of carbonyl (C=O) groups is 1. The number of nitrogens with one attached hydrogen (secondary N) is 2. The molecule has 154 valence electrons. The second-order valence-electron chi connectivity index (χ2n) is 6.25. The first-order valence-electron chi connectivity index (χ1n) is 8.70. The fourth-order valence-electron chi connectivity index (χ4n) is 2.97. The lowest BCUT2D eigenvalue weighted by atomic mass is 9.94. The molecule has 0 bridgehead atoms. The zero-order valence-corrected chi connectivity index (χ0v) is 17.9. The van der Waals surface area contributed by atoms with Gasteiger partial charge in [-0.1, -0.05) is 12.1 Å². The summed E-state index contributed by atoms with van der Waals surface area (Å²) in [5.41, 5.74) is 2.20. The van der Waals surface area contributed by atoms with Crippen LogP contribution in [0.3, 0.4) is 0 Å². The molecule has 1 aliphatic rings. The second kappa shape index (κ2) is 9.35. The number of thiocarbonyl (C=S) groups is 1. The molecule has 0 amide bonds. The van der Waals surface area contributed by atoms with Crippen LogP contribution in [-0.4, -0.2) is 57.5 Å². The van der Waals surface area contributed by atoms with Crippen LogP contribution in [-0.2, 0) is 24.3 Å². The number of carbonyl (C=O) groups excluding carboxylic acids is 1. The molecule has 0 aromatic heterocycles. The summed E-state index contributed by atoms with van der Waals surface area (Å²) in [4.78, 5) is 14.6. The van der Waals surface area contributed by atoms with E-state index < -0.39 is 22.0 Å². The number of benzene rings is 1. The van der Waals surface area contributed by atoms with Crippen LogP contribution in [0.25, 0.3) is 0 Å². The van der Waals surface area contributed by atoms with Gasteiger partial charge in [-0.15, -0.1) is 0 Å². The minimum atomic E-state index is -3.43. The zero-order valence-electron chi connectivity index (χ0n) is 16.3. The van der Waals surface area contributed by atoms with Crippen LogP contribution in [0.4, 0.5) is 5.69 Å². The number of esters is 1. The van der Waals surface area contributed by atoms with E-state index in [9.17, 15) is 13.2 Å². The Morgan fingerprint density at radius 1 is 1.36 bits per heavy atom. The van der Waals surface area contributed by atoms with Crippen molar-refractivity contribution in [2.45, 2.75) is 19.9 Å². The number of allylic oxidation sites excluding steroid dienone is 1. The average molecular weight is 428 g/mol. The lowest BCUT2D eigenvalue weighted by Gasteiger charge is -2.37. The highest BCUT2D eigenvalue weighted by Crippen LogP contribution is 2.32. The molecule has 0 spiro atoms. The predicted molar refractivity (Wildman–Crippen MR) is 111 cm³/mol. The SMILES string of the molecule is CCN1C(=S)NC(c2cccc(NS(C)(=O)=O)c2)C(C(=O)OCCOC)=C1C. The Balaban J connectivity index is 2.45. The number of sulfonamides is 1. The van der Waals surface area contributed by atoms with E-state index in [1.165, 1.54) is 7.11 Å². The Kier molecular flexibility index (Phi) is 7.39. The Hall–Kier alpha value is -2.17. The molecule has 2 rings (SSSR count). The molecule has 1 aromatic rings.